The molecule has 1 N–H and O–H groups in total. The molecule has 1 fully saturated rings. The van der Waals surface area contributed by atoms with E-state index in [0.717, 1.165) is 18.4 Å². The van der Waals surface area contributed by atoms with Crippen LogP contribution in [-0.2, 0) is 4.74 Å². The van der Waals surface area contributed by atoms with Gasteiger partial charge in [-0.25, -0.2) is 0 Å². The van der Waals surface area contributed by atoms with Crippen LogP contribution in [0.15, 0.2) is 44.0 Å². The summed E-state index contributed by atoms with van der Waals surface area (Å²) in [7, 11) is 1.45. The molecule has 2 unspecified atom stereocenters. The first kappa shape index (κ1) is 21.0. The first-order valence-electron chi connectivity index (χ1n) is 10.5. The monoisotopic (exact) mass is 499 g/mol. The fraction of sp³-hybridized carbons (Fsp3) is 0.333. The Hall–Kier alpha value is -2.84. The van der Waals surface area contributed by atoms with Gasteiger partial charge in [0.15, 0.2) is 16.9 Å². The normalized spacial score (nSPS) is 20.2. The van der Waals surface area contributed by atoms with Crippen LogP contribution in [0.2, 0.25) is 0 Å². The molecule has 2 aliphatic heterocycles. The molecule has 32 heavy (non-hydrogen) atoms. The largest absolute Gasteiger partial charge is 0.503 e. The Balaban J connectivity index is 1.74. The van der Waals surface area contributed by atoms with Gasteiger partial charge in [0.05, 0.1) is 34.7 Å². The predicted octanol–water partition coefficient (Wildman–Crippen LogP) is 4.30. The molecule has 1 amide bonds. The van der Waals surface area contributed by atoms with Crippen molar-refractivity contribution in [3.8, 4) is 11.5 Å². The van der Waals surface area contributed by atoms with E-state index in [2.05, 4.69) is 15.9 Å². The van der Waals surface area contributed by atoms with Gasteiger partial charge in [0.1, 0.15) is 5.58 Å². The molecule has 7 nitrogen and oxygen atoms in total. The first-order valence-corrected chi connectivity index (χ1v) is 11.2. The number of benzene rings is 2. The Kier molecular flexibility index (Phi) is 5.22. The van der Waals surface area contributed by atoms with Crippen molar-refractivity contribution in [1.29, 1.82) is 0 Å². The van der Waals surface area contributed by atoms with Gasteiger partial charge in [-0.15, -0.1) is 0 Å². The molecule has 0 spiro atoms. The van der Waals surface area contributed by atoms with E-state index in [9.17, 15) is 14.7 Å². The lowest BCUT2D eigenvalue weighted by Gasteiger charge is -2.28. The summed E-state index contributed by atoms with van der Waals surface area (Å²) in [5.74, 6) is -0.0956. The highest BCUT2D eigenvalue weighted by Crippen LogP contribution is 2.43. The second-order valence-electron chi connectivity index (χ2n) is 8.22. The molecule has 2 aromatic carbocycles. The molecule has 1 aromatic heterocycles. The molecule has 3 heterocycles. The van der Waals surface area contributed by atoms with E-state index in [1.165, 1.54) is 7.11 Å². The number of carbonyl (C=O) groups is 1. The zero-order chi connectivity index (χ0) is 22.6. The predicted molar refractivity (Wildman–Crippen MR) is 121 cm³/mol. The van der Waals surface area contributed by atoms with Crippen molar-refractivity contribution < 1.29 is 23.8 Å². The van der Waals surface area contributed by atoms with Gasteiger partial charge in [0.25, 0.3) is 5.91 Å². The Morgan fingerprint density at radius 3 is 2.78 bits per heavy atom. The molecule has 0 bridgehead atoms. The van der Waals surface area contributed by atoms with Crippen LogP contribution in [0.4, 0.5) is 0 Å². The maximum Gasteiger partial charge on any atom is 0.291 e. The van der Waals surface area contributed by atoms with Gasteiger partial charge >= 0.3 is 0 Å². The van der Waals surface area contributed by atoms with Crippen LogP contribution >= 0.6 is 15.9 Å². The Morgan fingerprint density at radius 1 is 1.25 bits per heavy atom. The van der Waals surface area contributed by atoms with Crippen molar-refractivity contribution in [1.82, 2.24) is 4.90 Å². The molecular weight excluding hydrogens is 478 g/mol. The van der Waals surface area contributed by atoms with E-state index in [0.29, 0.717) is 39.7 Å². The number of nitrogens with zero attached hydrogens (tertiary/aromatic N) is 1. The number of ether oxygens (including phenoxy) is 2. The summed E-state index contributed by atoms with van der Waals surface area (Å²) in [5.41, 5.74) is 2.01. The molecule has 0 aliphatic carbocycles. The topological polar surface area (TPSA) is 89.2 Å². The van der Waals surface area contributed by atoms with Gasteiger partial charge in [-0.3, -0.25) is 9.59 Å². The van der Waals surface area contributed by atoms with Crippen molar-refractivity contribution in [2.24, 2.45) is 0 Å². The highest BCUT2D eigenvalue weighted by atomic mass is 79.9. The van der Waals surface area contributed by atoms with Gasteiger partial charge in [0.2, 0.25) is 5.76 Å². The summed E-state index contributed by atoms with van der Waals surface area (Å²) in [5, 5.41) is 10.7. The molecule has 8 heteroatoms. The number of phenols is 1. The first-order chi connectivity index (χ1) is 15.4. The van der Waals surface area contributed by atoms with Gasteiger partial charge in [-0.2, -0.15) is 0 Å². The van der Waals surface area contributed by atoms with E-state index in [4.69, 9.17) is 13.9 Å². The maximum atomic E-state index is 13.6. The summed E-state index contributed by atoms with van der Waals surface area (Å²) < 4.78 is 17.5. The summed E-state index contributed by atoms with van der Waals surface area (Å²) >= 11 is 3.36. The number of aromatic hydroxyl groups is 1. The lowest BCUT2D eigenvalue weighted by molar-refractivity contribution is 0.0486. The standard InChI is InChI=1S/C24H22BrNO6/c1-12-5-6-17-15(8-12)21(27)19-20(13-9-16(25)22(28)18(10-13)30-2)26(24(29)23(19)32-17)11-14-4-3-7-31-14/h5-6,8-10,14,20,28H,3-4,7,11H2,1-2H3. The van der Waals surface area contributed by atoms with Gasteiger partial charge in [0, 0.05) is 13.2 Å². The number of halogens is 1. The van der Waals surface area contributed by atoms with Gasteiger partial charge < -0.3 is 23.9 Å². The lowest BCUT2D eigenvalue weighted by atomic mass is 9.97. The fourth-order valence-electron chi connectivity index (χ4n) is 4.58. The summed E-state index contributed by atoms with van der Waals surface area (Å²) in [4.78, 5) is 28.7. The number of hydrogen-bond acceptors (Lipinski definition) is 6. The summed E-state index contributed by atoms with van der Waals surface area (Å²) in [6, 6.07) is 8.01. The van der Waals surface area contributed by atoms with Crippen LogP contribution < -0.4 is 10.2 Å². The molecule has 2 aliphatic rings. The van der Waals surface area contributed by atoms with Crippen molar-refractivity contribution in [2.75, 3.05) is 20.3 Å². The number of aryl methyl sites for hydroxylation is 1. The van der Waals surface area contributed by atoms with E-state index >= 15 is 0 Å². The second-order valence-corrected chi connectivity index (χ2v) is 9.08. The minimum Gasteiger partial charge on any atom is -0.503 e. The molecule has 2 atom stereocenters. The summed E-state index contributed by atoms with van der Waals surface area (Å²) in [6.45, 7) is 2.90. The second kappa shape index (κ2) is 7.94. The molecule has 166 valence electrons. The Bertz CT molecular complexity index is 1290. The average Bonchev–Trinajstić information content (AvgIpc) is 3.38. The third kappa shape index (κ3) is 3.29. The van der Waals surface area contributed by atoms with Gasteiger partial charge in [-0.05, 0) is 65.5 Å². The number of methoxy groups -OCH3 is 1. The number of carbonyl (C=O) groups excluding carboxylic acids is 1. The number of hydrogen-bond donors (Lipinski definition) is 1. The number of amides is 1. The molecule has 0 saturated carbocycles. The minimum absolute atomic E-state index is 0.0485. The number of rotatable bonds is 4. The minimum atomic E-state index is -0.686. The fourth-order valence-corrected chi connectivity index (χ4v) is 5.04. The third-order valence-corrected chi connectivity index (χ3v) is 6.74. The van der Waals surface area contributed by atoms with Crippen LogP contribution in [0.3, 0.4) is 0 Å². The van der Waals surface area contributed by atoms with Crippen LogP contribution in [0.1, 0.15) is 46.1 Å². The molecule has 0 radical (unpaired) electrons. The maximum absolute atomic E-state index is 13.6. The number of phenolic OH excluding ortho intramolecular Hbond substituents is 1. The zero-order valence-electron chi connectivity index (χ0n) is 17.7. The molecule has 1 saturated heterocycles. The van der Waals surface area contributed by atoms with E-state index in [1.54, 1.807) is 29.2 Å². The van der Waals surface area contributed by atoms with E-state index < -0.39 is 6.04 Å². The van der Waals surface area contributed by atoms with Crippen molar-refractivity contribution in [3.05, 3.63) is 67.5 Å². The quantitative estimate of drug-likeness (QED) is 0.575. The number of fused-ring (bicyclic) bond motifs is 2. The zero-order valence-corrected chi connectivity index (χ0v) is 19.3. The SMILES string of the molecule is COc1cc(C2c3c(oc4ccc(C)cc4c3=O)C(=O)N2CC2CCCO2)cc(Br)c1O. The van der Waals surface area contributed by atoms with E-state index in [-0.39, 0.29) is 34.7 Å². The van der Waals surface area contributed by atoms with Crippen molar-refractivity contribution in [3.63, 3.8) is 0 Å². The van der Waals surface area contributed by atoms with Crippen molar-refractivity contribution in [2.45, 2.75) is 31.9 Å². The Labute approximate surface area is 192 Å². The van der Waals surface area contributed by atoms with Crippen LogP contribution in [0, 0.1) is 6.92 Å². The van der Waals surface area contributed by atoms with Gasteiger partial charge in [-0.1, -0.05) is 11.6 Å². The summed E-state index contributed by atoms with van der Waals surface area (Å²) in [6.07, 6.45) is 1.67. The van der Waals surface area contributed by atoms with E-state index in [1.807, 2.05) is 13.0 Å². The van der Waals surface area contributed by atoms with Crippen LogP contribution in [0.5, 0.6) is 11.5 Å². The smallest absolute Gasteiger partial charge is 0.291 e. The van der Waals surface area contributed by atoms with Crippen LogP contribution in [-0.4, -0.2) is 42.3 Å². The Morgan fingerprint density at radius 2 is 2.06 bits per heavy atom. The van der Waals surface area contributed by atoms with Crippen molar-refractivity contribution >= 4 is 32.8 Å². The molecular formula is C24H22BrNO6. The third-order valence-electron chi connectivity index (χ3n) is 6.13. The van der Waals surface area contributed by atoms with Crippen LogP contribution in [0.25, 0.3) is 11.0 Å². The lowest BCUT2D eigenvalue weighted by Crippen LogP contribution is -2.36. The average molecular weight is 500 g/mol. The highest BCUT2D eigenvalue weighted by Gasteiger charge is 2.44. The molecule has 3 aromatic rings. The highest BCUT2D eigenvalue weighted by molar-refractivity contribution is 9.10. The molecule has 5 rings (SSSR count).